The number of hydrogen-bond acceptors (Lipinski definition) is 2. The molecule has 0 bridgehead atoms. The van der Waals surface area contributed by atoms with Crippen LogP contribution in [0.2, 0.25) is 0 Å². The van der Waals surface area contributed by atoms with Gasteiger partial charge in [-0.05, 0) is 18.6 Å². The minimum absolute atomic E-state index is 0.456. The van der Waals surface area contributed by atoms with Crippen LogP contribution in [-0.4, -0.2) is 6.21 Å². The summed E-state index contributed by atoms with van der Waals surface area (Å²) in [7, 11) is 0. The summed E-state index contributed by atoms with van der Waals surface area (Å²) in [6, 6.07) is 15.9. The molecular weight excluding hydrogens is 290 g/mol. The maximum atomic E-state index is 5.21. The van der Waals surface area contributed by atoms with Gasteiger partial charge in [-0.1, -0.05) is 69.1 Å². The Kier molecular flexibility index (Phi) is 4.53. The molecule has 0 saturated carbocycles. The van der Waals surface area contributed by atoms with Crippen molar-refractivity contribution in [2.75, 3.05) is 0 Å². The van der Waals surface area contributed by atoms with Crippen LogP contribution in [0.4, 0.5) is 0 Å². The molecule has 2 aromatic carbocycles. The van der Waals surface area contributed by atoms with Gasteiger partial charge >= 0.3 is 0 Å². The summed E-state index contributed by atoms with van der Waals surface area (Å²) in [6.45, 7) is 2.52. The average molecular weight is 303 g/mol. The number of nitrogens with zero attached hydrogens (tertiary/aromatic N) is 1. The number of rotatable bonds is 4. The number of hydrogen-bond donors (Lipinski definition) is 0. The van der Waals surface area contributed by atoms with Gasteiger partial charge in [-0.2, -0.15) is 0 Å². The fourth-order valence-electron chi connectivity index (χ4n) is 1.42. The molecule has 0 aliphatic rings. The number of benzene rings is 2. The van der Waals surface area contributed by atoms with Crippen molar-refractivity contribution in [3.63, 3.8) is 0 Å². The predicted molar refractivity (Wildman–Crippen MR) is 76.6 cm³/mol. The summed E-state index contributed by atoms with van der Waals surface area (Å²) in [6.07, 6.45) is 2.85. The molecule has 0 aliphatic carbocycles. The summed E-state index contributed by atoms with van der Waals surface area (Å²) < 4.78 is 0.952. The highest BCUT2D eigenvalue weighted by atomic mass is 79.9. The second kappa shape index (κ2) is 6.36. The van der Waals surface area contributed by atoms with E-state index >= 15 is 0 Å². The van der Waals surface area contributed by atoms with Gasteiger partial charge in [0.2, 0.25) is 0 Å². The smallest absolute Gasteiger partial charge is 0.142 e. The summed E-state index contributed by atoms with van der Waals surface area (Å²) in [4.78, 5) is 5.21. The monoisotopic (exact) mass is 302 g/mol. The van der Waals surface area contributed by atoms with E-state index in [1.165, 1.54) is 5.56 Å². The van der Waals surface area contributed by atoms with Gasteiger partial charge in [0.15, 0.2) is 0 Å². The van der Waals surface area contributed by atoms with Crippen molar-refractivity contribution in [1.29, 1.82) is 0 Å². The Balaban J connectivity index is 1.89. The van der Waals surface area contributed by atoms with Crippen LogP contribution in [0.1, 0.15) is 16.7 Å². The van der Waals surface area contributed by atoms with E-state index in [9.17, 15) is 0 Å². The Morgan fingerprint density at radius 3 is 2.56 bits per heavy atom. The molecule has 3 heteroatoms. The fourth-order valence-corrected chi connectivity index (χ4v) is 1.80. The van der Waals surface area contributed by atoms with Gasteiger partial charge in [0.1, 0.15) is 12.8 Å². The zero-order valence-corrected chi connectivity index (χ0v) is 11.6. The van der Waals surface area contributed by atoms with Crippen molar-refractivity contribution in [3.05, 3.63) is 69.7 Å². The molecule has 0 aromatic heterocycles. The Labute approximate surface area is 115 Å². The molecule has 0 unspecified atom stereocenters. The lowest BCUT2D eigenvalue weighted by atomic mass is 10.2. The first kappa shape index (κ1) is 12.8. The van der Waals surface area contributed by atoms with Crippen molar-refractivity contribution in [2.45, 2.75) is 13.5 Å². The van der Waals surface area contributed by atoms with Gasteiger partial charge < -0.3 is 4.84 Å². The molecule has 1 radical (unpaired) electrons. The summed E-state index contributed by atoms with van der Waals surface area (Å²) in [5.41, 5.74) is 3.21. The second-order valence-corrected chi connectivity index (χ2v) is 4.80. The zero-order valence-electron chi connectivity index (χ0n) is 10.1. The largest absolute Gasteiger partial charge is 0.390 e. The third kappa shape index (κ3) is 3.70. The van der Waals surface area contributed by atoms with Crippen molar-refractivity contribution in [3.8, 4) is 0 Å². The van der Waals surface area contributed by atoms with E-state index < -0.39 is 0 Å². The van der Waals surface area contributed by atoms with Crippen LogP contribution in [0, 0.1) is 6.92 Å². The fraction of sp³-hybridized carbons (Fsp3) is 0.133. The summed E-state index contributed by atoms with van der Waals surface area (Å²) in [5, 5.41) is 3.84. The highest BCUT2D eigenvalue weighted by Gasteiger charge is 1.95. The second-order valence-electron chi connectivity index (χ2n) is 3.94. The first-order valence-corrected chi connectivity index (χ1v) is 6.43. The molecule has 0 aliphatic heterocycles. The SMILES string of the molecule is Cc1ccc(CO/N=[C]\c2ccccc2Br)cc1. The standard InChI is InChI=1S/C15H13BrNO/c1-12-6-8-13(9-7-12)11-18-17-10-14-4-2-3-5-15(14)16/h2-9H,11H2,1H3. The third-order valence-corrected chi connectivity index (χ3v) is 3.15. The van der Waals surface area contributed by atoms with E-state index in [1.807, 2.05) is 36.4 Å². The maximum absolute atomic E-state index is 5.21. The van der Waals surface area contributed by atoms with Gasteiger partial charge in [0.25, 0.3) is 0 Å². The van der Waals surface area contributed by atoms with Crippen molar-refractivity contribution < 1.29 is 4.84 Å². The van der Waals surface area contributed by atoms with Crippen molar-refractivity contribution in [2.24, 2.45) is 5.16 Å². The Morgan fingerprint density at radius 2 is 1.83 bits per heavy atom. The average Bonchev–Trinajstić information content (AvgIpc) is 2.39. The molecular formula is C15H13BrNO. The first-order chi connectivity index (χ1) is 8.75. The van der Waals surface area contributed by atoms with Crippen LogP contribution < -0.4 is 0 Å². The van der Waals surface area contributed by atoms with Crippen LogP contribution in [0.5, 0.6) is 0 Å². The molecule has 18 heavy (non-hydrogen) atoms. The van der Waals surface area contributed by atoms with Gasteiger partial charge in [0.05, 0.1) is 0 Å². The molecule has 0 atom stereocenters. The van der Waals surface area contributed by atoms with Gasteiger partial charge in [-0.15, -0.1) is 0 Å². The van der Waals surface area contributed by atoms with E-state index in [0.717, 1.165) is 15.6 Å². The lowest BCUT2D eigenvalue weighted by Gasteiger charge is -2.00. The molecule has 0 fully saturated rings. The minimum Gasteiger partial charge on any atom is -0.390 e. The van der Waals surface area contributed by atoms with Gasteiger partial charge in [-0.25, -0.2) is 0 Å². The quantitative estimate of drug-likeness (QED) is 0.613. The van der Waals surface area contributed by atoms with Gasteiger partial charge in [0, 0.05) is 10.0 Å². The summed E-state index contributed by atoms with van der Waals surface area (Å²) in [5.74, 6) is 0. The molecule has 0 saturated heterocycles. The number of halogens is 1. The molecule has 2 nitrogen and oxygen atoms in total. The zero-order chi connectivity index (χ0) is 12.8. The third-order valence-electron chi connectivity index (χ3n) is 2.46. The lowest BCUT2D eigenvalue weighted by Crippen LogP contribution is -1.89. The molecule has 2 aromatic rings. The Bertz CT molecular complexity index is 534. The van der Waals surface area contributed by atoms with Gasteiger partial charge in [-0.3, -0.25) is 0 Å². The molecule has 0 amide bonds. The van der Waals surface area contributed by atoms with Crippen molar-refractivity contribution in [1.82, 2.24) is 0 Å². The number of aryl methyl sites for hydroxylation is 1. The molecule has 0 spiro atoms. The minimum atomic E-state index is 0.456. The van der Waals surface area contributed by atoms with Crippen LogP contribution in [0.15, 0.2) is 58.2 Å². The van der Waals surface area contributed by atoms with Crippen LogP contribution in [0.25, 0.3) is 0 Å². The highest BCUT2D eigenvalue weighted by molar-refractivity contribution is 9.10. The topological polar surface area (TPSA) is 21.6 Å². The van der Waals surface area contributed by atoms with E-state index in [2.05, 4.69) is 46.4 Å². The van der Waals surface area contributed by atoms with Crippen LogP contribution >= 0.6 is 15.9 Å². The van der Waals surface area contributed by atoms with Crippen LogP contribution in [0.3, 0.4) is 0 Å². The molecule has 91 valence electrons. The molecule has 0 N–H and O–H groups in total. The Morgan fingerprint density at radius 1 is 1.11 bits per heavy atom. The highest BCUT2D eigenvalue weighted by Crippen LogP contribution is 2.13. The van der Waals surface area contributed by atoms with E-state index in [-0.39, 0.29) is 0 Å². The first-order valence-electron chi connectivity index (χ1n) is 5.64. The lowest BCUT2D eigenvalue weighted by molar-refractivity contribution is 0.132. The Hall–Kier alpha value is -1.61. The van der Waals surface area contributed by atoms with E-state index in [4.69, 9.17) is 4.84 Å². The predicted octanol–water partition coefficient (Wildman–Crippen LogP) is 4.19. The van der Waals surface area contributed by atoms with Crippen LogP contribution in [-0.2, 0) is 11.4 Å². The molecule has 2 rings (SSSR count). The van der Waals surface area contributed by atoms with E-state index in [0.29, 0.717) is 6.61 Å². The van der Waals surface area contributed by atoms with Crippen molar-refractivity contribution >= 4 is 22.1 Å². The maximum Gasteiger partial charge on any atom is 0.142 e. The molecule has 0 heterocycles. The summed E-state index contributed by atoms with van der Waals surface area (Å²) >= 11 is 3.42. The van der Waals surface area contributed by atoms with E-state index in [1.54, 1.807) is 0 Å². The normalized spacial score (nSPS) is 10.8.